The minimum absolute atomic E-state index is 0.109. The highest BCUT2D eigenvalue weighted by atomic mass is 79.9. The molecule has 1 aromatic heterocycles. The van der Waals surface area contributed by atoms with Crippen molar-refractivity contribution in [2.75, 3.05) is 18.0 Å². The Morgan fingerprint density at radius 2 is 2.10 bits per heavy atom. The molecule has 1 unspecified atom stereocenters. The fraction of sp³-hybridized carbons (Fsp3) is 0.400. The lowest BCUT2D eigenvalue weighted by Crippen LogP contribution is -2.48. The van der Waals surface area contributed by atoms with Gasteiger partial charge in [-0.25, -0.2) is 8.42 Å². The third-order valence-corrected chi connectivity index (χ3v) is 8.84. The number of benzene rings is 1. The number of hydrogen-bond donors (Lipinski definition) is 0. The van der Waals surface area contributed by atoms with Crippen molar-refractivity contribution in [1.82, 2.24) is 4.31 Å². The maximum Gasteiger partial charge on any atom is 0.252 e. The van der Waals surface area contributed by atoms with Gasteiger partial charge in [0, 0.05) is 24.8 Å². The van der Waals surface area contributed by atoms with Crippen LogP contribution in [-0.2, 0) is 14.8 Å². The summed E-state index contributed by atoms with van der Waals surface area (Å²) in [5.41, 5.74) is 1.14. The molecule has 0 bridgehead atoms. The Morgan fingerprint density at radius 1 is 1.34 bits per heavy atom. The largest absolute Gasteiger partial charge is 0.310 e. The Balaban J connectivity index is 1.85. The highest BCUT2D eigenvalue weighted by molar-refractivity contribution is 9.11. The zero-order valence-electron chi connectivity index (χ0n) is 16.2. The van der Waals surface area contributed by atoms with Crippen molar-refractivity contribution in [3.05, 3.63) is 45.7 Å². The molecule has 0 N–H and O–H groups in total. The SMILES string of the molecule is CC(C)N(C(=O)C1CCCN(S(=O)(=O)c2ccc(Br)s2)C1)c1cccc(C#N)c1. The van der Waals surface area contributed by atoms with E-state index in [0.717, 1.165) is 3.79 Å². The topological polar surface area (TPSA) is 81.5 Å². The van der Waals surface area contributed by atoms with E-state index in [2.05, 4.69) is 22.0 Å². The van der Waals surface area contributed by atoms with E-state index < -0.39 is 15.9 Å². The molecule has 0 aliphatic carbocycles. The predicted octanol–water partition coefficient (Wildman–Crippen LogP) is 4.22. The van der Waals surface area contributed by atoms with Crippen LogP contribution in [0, 0.1) is 17.2 Å². The van der Waals surface area contributed by atoms with Crippen molar-refractivity contribution in [2.45, 2.75) is 36.9 Å². The van der Waals surface area contributed by atoms with Gasteiger partial charge in [-0.3, -0.25) is 4.79 Å². The first-order chi connectivity index (χ1) is 13.7. The summed E-state index contributed by atoms with van der Waals surface area (Å²) < 4.78 is 28.4. The molecule has 6 nitrogen and oxygen atoms in total. The van der Waals surface area contributed by atoms with Crippen LogP contribution in [0.1, 0.15) is 32.3 Å². The fourth-order valence-corrected chi connectivity index (χ4v) is 7.22. The number of sulfonamides is 1. The van der Waals surface area contributed by atoms with Gasteiger partial charge in [-0.15, -0.1) is 11.3 Å². The number of nitriles is 1. The van der Waals surface area contributed by atoms with Crippen LogP contribution in [0.25, 0.3) is 0 Å². The number of nitrogens with zero attached hydrogens (tertiary/aromatic N) is 3. The van der Waals surface area contributed by atoms with Crippen LogP contribution in [-0.4, -0.2) is 37.8 Å². The molecule has 1 aromatic carbocycles. The Kier molecular flexibility index (Phi) is 6.79. The molecular formula is C20H22BrN3O3S2. The molecule has 0 radical (unpaired) electrons. The Morgan fingerprint density at radius 3 is 2.72 bits per heavy atom. The summed E-state index contributed by atoms with van der Waals surface area (Å²) in [6, 6.07) is 12.2. The van der Waals surface area contributed by atoms with Crippen molar-refractivity contribution in [1.29, 1.82) is 5.26 Å². The van der Waals surface area contributed by atoms with E-state index in [1.54, 1.807) is 41.3 Å². The number of carbonyl (C=O) groups excluding carboxylic acids is 1. The van der Waals surface area contributed by atoms with E-state index >= 15 is 0 Å². The Labute approximate surface area is 183 Å². The van der Waals surface area contributed by atoms with Crippen molar-refractivity contribution in [3.63, 3.8) is 0 Å². The van der Waals surface area contributed by atoms with Gasteiger partial charge < -0.3 is 4.90 Å². The van der Waals surface area contributed by atoms with Gasteiger partial charge in [0.05, 0.1) is 21.3 Å². The van der Waals surface area contributed by atoms with Gasteiger partial charge in [-0.1, -0.05) is 6.07 Å². The number of amides is 1. The van der Waals surface area contributed by atoms with Crippen LogP contribution in [0.5, 0.6) is 0 Å². The van der Waals surface area contributed by atoms with Crippen LogP contribution in [0.15, 0.2) is 44.4 Å². The van der Waals surface area contributed by atoms with Gasteiger partial charge in [0.2, 0.25) is 5.91 Å². The summed E-state index contributed by atoms with van der Waals surface area (Å²) in [5, 5.41) is 9.17. The second-order valence-corrected chi connectivity index (χ2v) is 11.9. The summed E-state index contributed by atoms with van der Waals surface area (Å²) in [6.45, 7) is 4.40. The summed E-state index contributed by atoms with van der Waals surface area (Å²) in [7, 11) is -3.62. The first kappa shape index (κ1) is 22.0. The van der Waals surface area contributed by atoms with Crippen molar-refractivity contribution in [2.24, 2.45) is 5.92 Å². The average molecular weight is 496 g/mol. The minimum atomic E-state index is -3.62. The van der Waals surface area contributed by atoms with E-state index in [-0.39, 0.29) is 22.7 Å². The first-order valence-electron chi connectivity index (χ1n) is 9.32. The van der Waals surface area contributed by atoms with E-state index in [1.165, 1.54) is 15.6 Å². The lowest BCUT2D eigenvalue weighted by atomic mass is 9.97. The molecule has 1 saturated heterocycles. The van der Waals surface area contributed by atoms with Crippen LogP contribution in [0.3, 0.4) is 0 Å². The molecule has 3 rings (SSSR count). The molecule has 154 valence electrons. The second-order valence-electron chi connectivity index (χ2n) is 7.22. The fourth-order valence-electron chi connectivity index (χ4n) is 3.53. The number of thiophene rings is 1. The quantitative estimate of drug-likeness (QED) is 0.621. The molecule has 1 amide bonds. The summed E-state index contributed by atoms with van der Waals surface area (Å²) in [6.07, 6.45) is 1.27. The molecule has 1 aliphatic rings. The van der Waals surface area contributed by atoms with Gasteiger partial charge in [-0.05, 0) is 73.0 Å². The minimum Gasteiger partial charge on any atom is -0.310 e. The number of hydrogen-bond acceptors (Lipinski definition) is 5. The van der Waals surface area contributed by atoms with Crippen LogP contribution >= 0.6 is 27.3 Å². The van der Waals surface area contributed by atoms with Crippen molar-refractivity contribution in [3.8, 4) is 6.07 Å². The van der Waals surface area contributed by atoms with E-state index in [9.17, 15) is 18.5 Å². The molecule has 2 aromatic rings. The molecule has 9 heteroatoms. The van der Waals surface area contributed by atoms with Gasteiger partial charge >= 0.3 is 0 Å². The smallest absolute Gasteiger partial charge is 0.252 e. The average Bonchev–Trinajstić information content (AvgIpc) is 3.15. The lowest BCUT2D eigenvalue weighted by Gasteiger charge is -2.35. The third-order valence-electron chi connectivity index (χ3n) is 4.88. The molecule has 0 spiro atoms. The summed E-state index contributed by atoms with van der Waals surface area (Å²) >= 11 is 4.48. The molecular weight excluding hydrogens is 474 g/mol. The van der Waals surface area contributed by atoms with Crippen molar-refractivity contribution < 1.29 is 13.2 Å². The number of anilines is 1. The van der Waals surface area contributed by atoms with Gasteiger partial charge in [0.1, 0.15) is 4.21 Å². The summed E-state index contributed by atoms with van der Waals surface area (Å²) in [5.74, 6) is -0.530. The normalized spacial score (nSPS) is 17.8. The molecule has 1 aliphatic heterocycles. The number of piperidine rings is 1. The Hall–Kier alpha value is -1.73. The molecule has 2 heterocycles. The zero-order chi connectivity index (χ0) is 21.2. The molecule has 29 heavy (non-hydrogen) atoms. The van der Waals surface area contributed by atoms with E-state index in [0.29, 0.717) is 30.6 Å². The third kappa shape index (κ3) is 4.72. The van der Waals surface area contributed by atoms with Crippen LogP contribution in [0.4, 0.5) is 5.69 Å². The zero-order valence-corrected chi connectivity index (χ0v) is 19.4. The standard InChI is InChI=1S/C20H22BrN3O3S2/c1-14(2)24(17-7-3-5-15(11-17)12-22)20(25)16-6-4-10-23(13-16)29(26,27)19-9-8-18(21)28-19/h3,5,7-9,11,14,16H,4,6,10,13H2,1-2H3. The van der Waals surface area contributed by atoms with Gasteiger partial charge in [-0.2, -0.15) is 9.57 Å². The van der Waals surface area contributed by atoms with Gasteiger partial charge in [0.25, 0.3) is 10.0 Å². The van der Waals surface area contributed by atoms with E-state index in [4.69, 9.17) is 0 Å². The number of halogens is 1. The second kappa shape index (κ2) is 8.96. The molecule has 1 atom stereocenters. The molecule has 1 fully saturated rings. The van der Waals surface area contributed by atoms with Crippen molar-refractivity contribution >= 4 is 48.9 Å². The highest BCUT2D eigenvalue weighted by Crippen LogP contribution is 2.32. The van der Waals surface area contributed by atoms with E-state index in [1.807, 2.05) is 13.8 Å². The Bertz CT molecular complexity index is 1040. The molecule has 0 saturated carbocycles. The summed E-state index contributed by atoms with van der Waals surface area (Å²) in [4.78, 5) is 15.0. The lowest BCUT2D eigenvalue weighted by molar-refractivity contribution is -0.123. The van der Waals surface area contributed by atoms with Gasteiger partial charge in [0.15, 0.2) is 0 Å². The monoisotopic (exact) mass is 495 g/mol. The maximum atomic E-state index is 13.4. The van der Waals surface area contributed by atoms with Crippen LogP contribution in [0.2, 0.25) is 0 Å². The number of carbonyl (C=O) groups is 1. The first-order valence-corrected chi connectivity index (χ1v) is 12.4. The highest BCUT2D eigenvalue weighted by Gasteiger charge is 2.36. The maximum absolute atomic E-state index is 13.4. The van der Waals surface area contributed by atoms with Crippen LogP contribution < -0.4 is 4.90 Å². The number of rotatable bonds is 5. The predicted molar refractivity (Wildman–Crippen MR) is 117 cm³/mol.